The fraction of sp³-hybridized carbons (Fsp3) is 0.125. The molecule has 1 N–H and O–H groups in total. The van der Waals surface area contributed by atoms with E-state index in [1.54, 1.807) is 25.2 Å². The minimum atomic E-state index is -0.299. The molecule has 0 aliphatic heterocycles. The first-order chi connectivity index (χ1) is 10.1. The highest BCUT2D eigenvalue weighted by Gasteiger charge is 2.19. The van der Waals surface area contributed by atoms with Gasteiger partial charge >= 0.3 is 0 Å². The van der Waals surface area contributed by atoms with E-state index >= 15 is 0 Å². The molecule has 0 spiro atoms. The lowest BCUT2D eigenvalue weighted by Gasteiger charge is -2.15. The van der Waals surface area contributed by atoms with E-state index in [0.29, 0.717) is 16.7 Å². The molecule has 1 unspecified atom stereocenters. The average Bonchev–Trinajstić information content (AvgIpc) is 2.84. The molecule has 2 aromatic carbocycles. The summed E-state index contributed by atoms with van der Waals surface area (Å²) in [7, 11) is 1.80. The lowest BCUT2D eigenvalue weighted by Crippen LogP contribution is -2.18. The standard InChI is InChI=1S/C16H12F2INO/c1-20-16(12-4-2-11(18)8-13(12)19)15-7-9-6-10(17)3-5-14(9)21-15/h2-8,16,20H,1H3. The van der Waals surface area contributed by atoms with Crippen LogP contribution in [0.4, 0.5) is 8.78 Å². The van der Waals surface area contributed by atoms with Crippen LogP contribution in [0.15, 0.2) is 46.9 Å². The van der Waals surface area contributed by atoms with Crippen molar-refractivity contribution in [3.05, 3.63) is 69.0 Å². The van der Waals surface area contributed by atoms with Crippen LogP contribution in [0, 0.1) is 15.2 Å². The van der Waals surface area contributed by atoms with Gasteiger partial charge in [-0.05, 0) is 71.6 Å². The smallest absolute Gasteiger partial charge is 0.134 e. The number of fused-ring (bicyclic) bond motifs is 1. The van der Waals surface area contributed by atoms with Crippen LogP contribution in [0.2, 0.25) is 0 Å². The number of halogens is 3. The van der Waals surface area contributed by atoms with Crippen LogP contribution in [0.1, 0.15) is 17.4 Å². The van der Waals surface area contributed by atoms with E-state index < -0.39 is 0 Å². The van der Waals surface area contributed by atoms with Gasteiger partial charge in [-0.2, -0.15) is 0 Å². The third kappa shape index (κ3) is 2.80. The largest absolute Gasteiger partial charge is 0.459 e. The Kier molecular flexibility index (Phi) is 3.95. The first-order valence-electron chi connectivity index (χ1n) is 6.39. The molecule has 0 aliphatic rings. The second-order valence-corrected chi connectivity index (χ2v) is 5.88. The molecule has 1 aromatic heterocycles. The van der Waals surface area contributed by atoms with Crippen LogP contribution in [0.25, 0.3) is 11.0 Å². The van der Waals surface area contributed by atoms with Gasteiger partial charge in [0.1, 0.15) is 23.0 Å². The summed E-state index contributed by atoms with van der Waals surface area (Å²) >= 11 is 2.09. The lowest BCUT2D eigenvalue weighted by atomic mass is 10.0. The molecule has 1 atom stereocenters. The van der Waals surface area contributed by atoms with Gasteiger partial charge in [-0.1, -0.05) is 6.07 Å². The van der Waals surface area contributed by atoms with Gasteiger partial charge in [0.05, 0.1) is 6.04 Å². The second-order valence-electron chi connectivity index (χ2n) is 4.72. The number of hydrogen-bond acceptors (Lipinski definition) is 2. The molecule has 21 heavy (non-hydrogen) atoms. The first-order valence-corrected chi connectivity index (χ1v) is 7.47. The van der Waals surface area contributed by atoms with Crippen molar-refractivity contribution in [2.24, 2.45) is 0 Å². The van der Waals surface area contributed by atoms with Crippen molar-refractivity contribution in [1.82, 2.24) is 5.32 Å². The number of hydrogen-bond donors (Lipinski definition) is 1. The molecule has 0 bridgehead atoms. The number of nitrogens with one attached hydrogen (secondary N) is 1. The molecule has 5 heteroatoms. The zero-order chi connectivity index (χ0) is 15.0. The molecular formula is C16H12F2INO. The van der Waals surface area contributed by atoms with Crippen molar-refractivity contribution < 1.29 is 13.2 Å². The monoisotopic (exact) mass is 399 g/mol. The Labute approximate surface area is 134 Å². The minimum Gasteiger partial charge on any atom is -0.459 e. The Bertz CT molecular complexity index is 800. The van der Waals surface area contributed by atoms with E-state index in [0.717, 1.165) is 9.13 Å². The van der Waals surface area contributed by atoms with Gasteiger partial charge in [-0.25, -0.2) is 8.78 Å². The van der Waals surface area contributed by atoms with Crippen LogP contribution in [0.5, 0.6) is 0 Å². The van der Waals surface area contributed by atoms with E-state index in [4.69, 9.17) is 4.42 Å². The highest BCUT2D eigenvalue weighted by molar-refractivity contribution is 14.1. The number of benzene rings is 2. The molecule has 108 valence electrons. The molecule has 3 aromatic rings. The molecule has 0 aliphatic carbocycles. The van der Waals surface area contributed by atoms with E-state index in [9.17, 15) is 8.78 Å². The molecule has 3 rings (SSSR count). The lowest BCUT2D eigenvalue weighted by molar-refractivity contribution is 0.489. The van der Waals surface area contributed by atoms with E-state index in [-0.39, 0.29) is 17.7 Å². The molecular weight excluding hydrogens is 387 g/mol. The number of rotatable bonds is 3. The third-order valence-electron chi connectivity index (χ3n) is 3.34. The highest BCUT2D eigenvalue weighted by Crippen LogP contribution is 2.31. The maximum absolute atomic E-state index is 13.3. The maximum atomic E-state index is 13.3. The average molecular weight is 399 g/mol. The molecule has 1 heterocycles. The molecule has 0 fully saturated rings. The predicted octanol–water partition coefficient (Wildman–Crippen LogP) is 4.62. The van der Waals surface area contributed by atoms with Crippen molar-refractivity contribution >= 4 is 33.6 Å². The van der Waals surface area contributed by atoms with Gasteiger partial charge in [0.2, 0.25) is 0 Å². The van der Waals surface area contributed by atoms with Crippen LogP contribution in [0.3, 0.4) is 0 Å². The van der Waals surface area contributed by atoms with Crippen LogP contribution in [-0.2, 0) is 0 Å². The van der Waals surface area contributed by atoms with Gasteiger partial charge < -0.3 is 9.73 Å². The highest BCUT2D eigenvalue weighted by atomic mass is 127. The van der Waals surface area contributed by atoms with Crippen molar-refractivity contribution in [3.8, 4) is 0 Å². The first kappa shape index (κ1) is 14.5. The Balaban J connectivity index is 2.09. The summed E-state index contributed by atoms with van der Waals surface area (Å²) in [5.41, 5.74) is 1.54. The second kappa shape index (κ2) is 5.73. The Hall–Kier alpha value is -1.47. The summed E-state index contributed by atoms with van der Waals surface area (Å²) in [4.78, 5) is 0. The zero-order valence-electron chi connectivity index (χ0n) is 11.2. The van der Waals surface area contributed by atoms with E-state index in [1.807, 2.05) is 0 Å². The van der Waals surface area contributed by atoms with Gasteiger partial charge in [0.25, 0.3) is 0 Å². The molecule has 0 saturated carbocycles. The summed E-state index contributed by atoms with van der Waals surface area (Å²) in [6, 6.07) is 10.6. The maximum Gasteiger partial charge on any atom is 0.134 e. The van der Waals surface area contributed by atoms with Gasteiger partial charge in [0, 0.05) is 8.96 Å². The Morgan fingerprint density at radius 1 is 1.05 bits per heavy atom. The van der Waals surface area contributed by atoms with E-state index in [2.05, 4.69) is 27.9 Å². The van der Waals surface area contributed by atoms with Gasteiger partial charge in [0.15, 0.2) is 0 Å². The SMILES string of the molecule is CNC(c1cc2cc(F)ccc2o1)c1ccc(F)cc1I. The topological polar surface area (TPSA) is 25.2 Å². The minimum absolute atomic E-state index is 0.215. The summed E-state index contributed by atoms with van der Waals surface area (Å²) in [6.07, 6.45) is 0. The third-order valence-corrected chi connectivity index (χ3v) is 4.28. The van der Waals surface area contributed by atoms with Crippen molar-refractivity contribution in [3.63, 3.8) is 0 Å². The van der Waals surface area contributed by atoms with Crippen LogP contribution >= 0.6 is 22.6 Å². The molecule has 2 nitrogen and oxygen atoms in total. The molecule has 0 amide bonds. The summed E-state index contributed by atoms with van der Waals surface area (Å²) < 4.78 is 33.1. The van der Waals surface area contributed by atoms with Crippen LogP contribution in [-0.4, -0.2) is 7.05 Å². The normalized spacial score (nSPS) is 12.8. The van der Waals surface area contributed by atoms with Crippen molar-refractivity contribution in [2.45, 2.75) is 6.04 Å². The predicted molar refractivity (Wildman–Crippen MR) is 86.2 cm³/mol. The molecule has 0 radical (unpaired) electrons. The number of furan rings is 1. The van der Waals surface area contributed by atoms with E-state index in [1.165, 1.54) is 24.3 Å². The Morgan fingerprint density at radius 2 is 1.76 bits per heavy atom. The van der Waals surface area contributed by atoms with Crippen molar-refractivity contribution in [1.29, 1.82) is 0 Å². The van der Waals surface area contributed by atoms with Gasteiger partial charge in [-0.15, -0.1) is 0 Å². The Morgan fingerprint density at radius 3 is 2.48 bits per heavy atom. The summed E-state index contributed by atoms with van der Waals surface area (Å²) in [5.74, 6) is 0.0968. The fourth-order valence-corrected chi connectivity index (χ4v) is 3.15. The van der Waals surface area contributed by atoms with Crippen molar-refractivity contribution in [2.75, 3.05) is 7.05 Å². The van der Waals surface area contributed by atoms with Gasteiger partial charge in [-0.3, -0.25) is 0 Å². The van der Waals surface area contributed by atoms with Crippen LogP contribution < -0.4 is 5.32 Å². The quantitative estimate of drug-likeness (QED) is 0.651. The summed E-state index contributed by atoms with van der Waals surface area (Å²) in [6.45, 7) is 0. The molecule has 0 saturated heterocycles. The summed E-state index contributed by atoms with van der Waals surface area (Å²) in [5, 5.41) is 3.87. The fourth-order valence-electron chi connectivity index (χ4n) is 2.36. The zero-order valence-corrected chi connectivity index (χ0v) is 13.3.